The molecule has 0 spiro atoms. The quantitative estimate of drug-likeness (QED) is 0.627. The Morgan fingerprint density at radius 1 is 1.03 bits per heavy atom. The molecule has 0 saturated heterocycles. The molecule has 154 valence electrons. The van der Waals surface area contributed by atoms with Gasteiger partial charge in [0.2, 0.25) is 0 Å². The van der Waals surface area contributed by atoms with E-state index in [4.69, 9.17) is 4.42 Å². The van der Waals surface area contributed by atoms with Crippen molar-refractivity contribution in [2.75, 3.05) is 20.6 Å². The van der Waals surface area contributed by atoms with Crippen LogP contribution in [0.15, 0.2) is 65.1 Å². The Hall–Kier alpha value is -2.85. The molecule has 0 unspecified atom stereocenters. The van der Waals surface area contributed by atoms with Crippen LogP contribution in [0.3, 0.4) is 0 Å². The minimum atomic E-state index is 0.0855. The maximum absolute atomic E-state index is 13.1. The largest absolute Gasteiger partial charge is 0.463 e. The standard InChI is InChI=1S/C26H28N2O2/c1-27(2)17-23-16-20-12-15-28(18-24(20)30-23)25(29)19-8-10-22(11-9-19)26(13-14-26)21-6-4-3-5-7-21/h3-11,16H,12-15,17-18H2,1-2H3. The zero-order chi connectivity index (χ0) is 20.7. The van der Waals surface area contributed by atoms with Crippen molar-refractivity contribution < 1.29 is 9.21 Å². The van der Waals surface area contributed by atoms with E-state index in [2.05, 4.69) is 53.4 Å². The lowest BCUT2D eigenvalue weighted by atomic mass is 9.87. The fraction of sp³-hybridized carbons (Fsp3) is 0.346. The monoisotopic (exact) mass is 400 g/mol. The van der Waals surface area contributed by atoms with Gasteiger partial charge in [0.05, 0.1) is 13.1 Å². The molecule has 1 amide bonds. The minimum Gasteiger partial charge on any atom is -0.463 e. The lowest BCUT2D eigenvalue weighted by molar-refractivity contribution is 0.0718. The van der Waals surface area contributed by atoms with E-state index in [-0.39, 0.29) is 11.3 Å². The predicted octanol–water partition coefficient (Wildman–Crippen LogP) is 4.62. The molecule has 4 nitrogen and oxygen atoms in total. The van der Waals surface area contributed by atoms with Crippen LogP contribution >= 0.6 is 0 Å². The van der Waals surface area contributed by atoms with Crippen molar-refractivity contribution in [3.05, 3.63) is 94.4 Å². The van der Waals surface area contributed by atoms with Crippen molar-refractivity contribution in [2.45, 2.75) is 37.8 Å². The van der Waals surface area contributed by atoms with Crippen LogP contribution in [0.1, 0.15) is 51.4 Å². The van der Waals surface area contributed by atoms with Gasteiger partial charge >= 0.3 is 0 Å². The Balaban J connectivity index is 1.31. The number of nitrogens with zero attached hydrogens (tertiary/aromatic N) is 2. The summed E-state index contributed by atoms with van der Waals surface area (Å²) < 4.78 is 6.02. The van der Waals surface area contributed by atoms with Crippen LogP contribution < -0.4 is 0 Å². The molecule has 1 aliphatic heterocycles. The third-order valence-corrected chi connectivity index (χ3v) is 6.45. The first-order valence-corrected chi connectivity index (χ1v) is 10.8. The normalized spacial score (nSPS) is 17.1. The van der Waals surface area contributed by atoms with Crippen LogP contribution in [-0.2, 0) is 24.9 Å². The summed E-state index contributed by atoms with van der Waals surface area (Å²) in [7, 11) is 4.06. The first kappa shape index (κ1) is 19.1. The van der Waals surface area contributed by atoms with Gasteiger partial charge in [-0.15, -0.1) is 0 Å². The van der Waals surface area contributed by atoms with Crippen LogP contribution in [0.25, 0.3) is 0 Å². The van der Waals surface area contributed by atoms with Crippen LogP contribution in [0.4, 0.5) is 0 Å². The van der Waals surface area contributed by atoms with Gasteiger partial charge in [0.15, 0.2) is 0 Å². The van der Waals surface area contributed by atoms with E-state index in [0.717, 1.165) is 36.6 Å². The van der Waals surface area contributed by atoms with E-state index in [1.54, 1.807) is 0 Å². The number of benzene rings is 2. The van der Waals surface area contributed by atoms with E-state index in [0.29, 0.717) is 6.54 Å². The molecule has 0 radical (unpaired) electrons. The molecule has 5 rings (SSSR count). The SMILES string of the molecule is CN(C)Cc1cc2c(o1)CN(C(=O)c1ccc(C3(c4ccccc4)CC3)cc1)CC2. The average molecular weight is 401 g/mol. The van der Waals surface area contributed by atoms with Gasteiger partial charge in [-0.05, 0) is 68.2 Å². The Bertz CT molecular complexity index is 1050. The highest BCUT2D eigenvalue weighted by Gasteiger charge is 2.45. The van der Waals surface area contributed by atoms with Gasteiger partial charge in [-0.1, -0.05) is 42.5 Å². The summed E-state index contributed by atoms with van der Waals surface area (Å²) in [6.07, 6.45) is 3.20. The van der Waals surface area contributed by atoms with Gasteiger partial charge in [0.25, 0.3) is 5.91 Å². The van der Waals surface area contributed by atoms with Crippen molar-refractivity contribution in [3.63, 3.8) is 0 Å². The second kappa shape index (κ2) is 7.44. The van der Waals surface area contributed by atoms with Crippen molar-refractivity contribution in [3.8, 4) is 0 Å². The van der Waals surface area contributed by atoms with Gasteiger partial charge in [-0.25, -0.2) is 0 Å². The molecule has 1 fully saturated rings. The second-order valence-corrected chi connectivity index (χ2v) is 8.90. The zero-order valence-electron chi connectivity index (χ0n) is 17.7. The summed E-state index contributed by atoms with van der Waals surface area (Å²) in [5.74, 6) is 1.99. The molecule has 2 aromatic carbocycles. The molecule has 1 saturated carbocycles. The number of furan rings is 1. The molecular formula is C26H28N2O2. The van der Waals surface area contributed by atoms with E-state index in [1.807, 2.05) is 31.1 Å². The third-order valence-electron chi connectivity index (χ3n) is 6.45. The maximum atomic E-state index is 13.1. The predicted molar refractivity (Wildman–Crippen MR) is 117 cm³/mol. The molecule has 0 N–H and O–H groups in total. The molecule has 0 bridgehead atoms. The van der Waals surface area contributed by atoms with Gasteiger partial charge < -0.3 is 14.2 Å². The number of fused-ring (bicyclic) bond motifs is 1. The van der Waals surface area contributed by atoms with Crippen molar-refractivity contribution in [1.29, 1.82) is 0 Å². The molecule has 2 heterocycles. The first-order valence-electron chi connectivity index (χ1n) is 10.8. The van der Waals surface area contributed by atoms with Gasteiger partial charge in [-0.2, -0.15) is 0 Å². The van der Waals surface area contributed by atoms with Crippen LogP contribution in [0.5, 0.6) is 0 Å². The highest BCUT2D eigenvalue weighted by atomic mass is 16.3. The third kappa shape index (κ3) is 3.46. The van der Waals surface area contributed by atoms with Gasteiger partial charge in [0.1, 0.15) is 11.5 Å². The minimum absolute atomic E-state index is 0.0855. The molecule has 1 aromatic heterocycles. The van der Waals surface area contributed by atoms with Crippen LogP contribution in [-0.4, -0.2) is 36.3 Å². The lowest BCUT2D eigenvalue weighted by Gasteiger charge is -2.26. The Kier molecular flexibility index (Phi) is 4.75. The van der Waals surface area contributed by atoms with Gasteiger partial charge in [0, 0.05) is 17.5 Å². The number of hydrogen-bond acceptors (Lipinski definition) is 3. The summed E-state index contributed by atoms with van der Waals surface area (Å²) in [4.78, 5) is 17.1. The van der Waals surface area contributed by atoms with Crippen molar-refractivity contribution in [1.82, 2.24) is 9.80 Å². The number of amides is 1. The Morgan fingerprint density at radius 3 is 2.40 bits per heavy atom. The van der Waals surface area contributed by atoms with E-state index >= 15 is 0 Å². The number of hydrogen-bond donors (Lipinski definition) is 0. The first-order chi connectivity index (χ1) is 14.5. The Labute approximate surface area is 178 Å². The topological polar surface area (TPSA) is 36.7 Å². The highest BCUT2D eigenvalue weighted by Crippen LogP contribution is 2.53. The summed E-state index contributed by atoms with van der Waals surface area (Å²) in [6.45, 7) is 2.07. The van der Waals surface area contributed by atoms with Crippen LogP contribution in [0, 0.1) is 0 Å². The zero-order valence-corrected chi connectivity index (χ0v) is 17.7. The molecule has 0 atom stereocenters. The van der Waals surface area contributed by atoms with Gasteiger partial charge in [-0.3, -0.25) is 4.79 Å². The van der Waals surface area contributed by atoms with E-state index in [9.17, 15) is 4.79 Å². The van der Waals surface area contributed by atoms with Crippen molar-refractivity contribution >= 4 is 5.91 Å². The summed E-state index contributed by atoms with van der Waals surface area (Å²) in [6, 6.07) is 21.1. The molecule has 4 heteroatoms. The van der Waals surface area contributed by atoms with E-state index in [1.165, 1.54) is 29.5 Å². The fourth-order valence-electron chi connectivity index (χ4n) is 4.68. The molecule has 3 aromatic rings. The second-order valence-electron chi connectivity index (χ2n) is 8.90. The lowest BCUT2D eigenvalue weighted by Crippen LogP contribution is -2.35. The van der Waals surface area contributed by atoms with E-state index < -0.39 is 0 Å². The fourth-order valence-corrected chi connectivity index (χ4v) is 4.68. The average Bonchev–Trinajstić information content (AvgIpc) is 3.48. The van der Waals surface area contributed by atoms with Crippen LogP contribution in [0.2, 0.25) is 0 Å². The number of carbonyl (C=O) groups excluding carboxylic acids is 1. The number of rotatable bonds is 5. The Morgan fingerprint density at radius 2 is 1.73 bits per heavy atom. The molecule has 2 aliphatic rings. The molecule has 1 aliphatic carbocycles. The highest BCUT2D eigenvalue weighted by molar-refractivity contribution is 5.94. The molecular weight excluding hydrogens is 372 g/mol. The summed E-state index contributed by atoms with van der Waals surface area (Å²) >= 11 is 0. The smallest absolute Gasteiger partial charge is 0.254 e. The molecule has 30 heavy (non-hydrogen) atoms. The summed E-state index contributed by atoms with van der Waals surface area (Å²) in [5.41, 5.74) is 4.82. The summed E-state index contributed by atoms with van der Waals surface area (Å²) in [5, 5.41) is 0. The van der Waals surface area contributed by atoms with Crippen molar-refractivity contribution in [2.24, 2.45) is 0 Å². The number of carbonyl (C=O) groups is 1. The maximum Gasteiger partial charge on any atom is 0.254 e.